The van der Waals surface area contributed by atoms with Crippen LogP contribution in [0.4, 0.5) is 5.82 Å². The lowest BCUT2D eigenvalue weighted by molar-refractivity contribution is 0.0901. The lowest BCUT2D eigenvalue weighted by Gasteiger charge is -2.32. The summed E-state index contributed by atoms with van der Waals surface area (Å²) < 4.78 is 0. The third-order valence-electron chi connectivity index (χ3n) is 3.50. The number of hydrogen-bond donors (Lipinski definition) is 3. The van der Waals surface area contributed by atoms with Gasteiger partial charge in [0.2, 0.25) is 0 Å². The van der Waals surface area contributed by atoms with Crippen molar-refractivity contribution < 1.29 is 4.79 Å². The summed E-state index contributed by atoms with van der Waals surface area (Å²) in [5.74, 6) is 5.46. The number of halogens is 1. The van der Waals surface area contributed by atoms with E-state index in [0.717, 1.165) is 32.5 Å². The molecule has 0 spiro atoms. The first kappa shape index (κ1) is 15.0. The fourth-order valence-corrected chi connectivity index (χ4v) is 2.59. The Hall–Kier alpha value is -1.37. The van der Waals surface area contributed by atoms with Gasteiger partial charge in [-0.1, -0.05) is 18.5 Å². The van der Waals surface area contributed by atoms with Crippen LogP contribution >= 0.6 is 11.6 Å². The molecule has 1 fully saturated rings. The van der Waals surface area contributed by atoms with Crippen LogP contribution in [0.2, 0.25) is 5.02 Å². The molecule has 1 aliphatic heterocycles. The summed E-state index contributed by atoms with van der Waals surface area (Å²) >= 11 is 6.02. The molecule has 1 unspecified atom stereocenters. The summed E-state index contributed by atoms with van der Waals surface area (Å²) in [7, 11) is 0. The van der Waals surface area contributed by atoms with Gasteiger partial charge >= 0.3 is 0 Å². The highest BCUT2D eigenvalue weighted by atomic mass is 35.5. The number of hydrazine groups is 1. The average Bonchev–Trinajstić information content (AvgIpc) is 2.47. The second-order valence-electron chi connectivity index (χ2n) is 4.88. The minimum Gasteiger partial charge on any atom is -0.347 e. The Kier molecular flexibility index (Phi) is 5.17. The highest BCUT2D eigenvalue weighted by molar-refractivity contribution is 6.33. The van der Waals surface area contributed by atoms with Crippen molar-refractivity contribution in [3.05, 3.63) is 22.8 Å². The zero-order valence-corrected chi connectivity index (χ0v) is 12.3. The van der Waals surface area contributed by atoms with Gasteiger partial charge < -0.3 is 15.6 Å². The van der Waals surface area contributed by atoms with Gasteiger partial charge in [0.1, 0.15) is 11.5 Å². The lowest BCUT2D eigenvalue weighted by atomic mass is 10.1. The van der Waals surface area contributed by atoms with Gasteiger partial charge in [-0.05, 0) is 38.1 Å². The fourth-order valence-electron chi connectivity index (χ4n) is 2.40. The Balaban J connectivity index is 2.04. The number of carbonyl (C=O) groups is 1. The maximum Gasteiger partial charge on any atom is 0.271 e. The molecule has 1 aromatic rings. The number of pyridine rings is 1. The molecular weight excluding hydrogens is 278 g/mol. The van der Waals surface area contributed by atoms with Gasteiger partial charge in [-0.2, -0.15) is 0 Å². The number of amides is 1. The van der Waals surface area contributed by atoms with Crippen molar-refractivity contribution in [2.75, 3.05) is 25.1 Å². The number of rotatable bonds is 4. The van der Waals surface area contributed by atoms with Crippen molar-refractivity contribution in [2.24, 2.45) is 5.84 Å². The van der Waals surface area contributed by atoms with Crippen molar-refractivity contribution in [2.45, 2.75) is 25.8 Å². The van der Waals surface area contributed by atoms with Crippen LogP contribution < -0.4 is 16.6 Å². The van der Waals surface area contributed by atoms with Crippen LogP contribution in [0.15, 0.2) is 12.1 Å². The molecule has 2 rings (SSSR count). The predicted molar refractivity (Wildman–Crippen MR) is 79.7 cm³/mol. The normalized spacial score (nSPS) is 19.6. The molecule has 110 valence electrons. The Morgan fingerprint density at radius 3 is 3.10 bits per heavy atom. The molecule has 1 amide bonds. The number of piperidine rings is 1. The molecule has 1 saturated heterocycles. The van der Waals surface area contributed by atoms with Gasteiger partial charge in [-0.3, -0.25) is 4.79 Å². The quantitative estimate of drug-likeness (QED) is 0.575. The number of carbonyl (C=O) groups excluding carboxylic acids is 1. The molecule has 2 heterocycles. The van der Waals surface area contributed by atoms with E-state index in [4.69, 9.17) is 17.4 Å². The standard InChI is InChI=1S/C13H20ClN5O/c1-2-19-7-3-4-9(8-19)16-13(20)12-10(14)5-6-11(17-12)18-15/h5-6,9H,2-4,7-8,15H2,1H3,(H,16,20)(H,17,18). The first-order valence-electron chi connectivity index (χ1n) is 6.80. The maximum absolute atomic E-state index is 12.3. The first-order chi connectivity index (χ1) is 9.63. The molecule has 0 aromatic carbocycles. The van der Waals surface area contributed by atoms with E-state index < -0.39 is 0 Å². The molecule has 20 heavy (non-hydrogen) atoms. The van der Waals surface area contributed by atoms with E-state index in [2.05, 4.69) is 27.6 Å². The molecule has 0 bridgehead atoms. The monoisotopic (exact) mass is 297 g/mol. The smallest absolute Gasteiger partial charge is 0.271 e. The van der Waals surface area contributed by atoms with Gasteiger partial charge in [-0.15, -0.1) is 0 Å². The van der Waals surface area contributed by atoms with Crippen LogP contribution in [0, 0.1) is 0 Å². The lowest BCUT2D eigenvalue weighted by Crippen LogP contribution is -2.47. The minimum absolute atomic E-state index is 0.142. The third-order valence-corrected chi connectivity index (χ3v) is 3.80. The number of likely N-dealkylation sites (tertiary alicyclic amines) is 1. The summed E-state index contributed by atoms with van der Waals surface area (Å²) in [6.07, 6.45) is 2.07. The van der Waals surface area contributed by atoms with Crippen LogP contribution in [0.1, 0.15) is 30.3 Å². The van der Waals surface area contributed by atoms with E-state index in [1.54, 1.807) is 12.1 Å². The maximum atomic E-state index is 12.3. The van der Waals surface area contributed by atoms with Gasteiger partial charge in [-0.25, -0.2) is 10.8 Å². The van der Waals surface area contributed by atoms with Crippen LogP contribution in [0.3, 0.4) is 0 Å². The fraction of sp³-hybridized carbons (Fsp3) is 0.538. The molecule has 0 aliphatic carbocycles. The van der Waals surface area contributed by atoms with Gasteiger partial charge in [0.25, 0.3) is 5.91 Å². The number of anilines is 1. The first-order valence-corrected chi connectivity index (χ1v) is 7.18. The van der Waals surface area contributed by atoms with Gasteiger partial charge in [0, 0.05) is 12.6 Å². The Morgan fingerprint density at radius 1 is 1.60 bits per heavy atom. The van der Waals surface area contributed by atoms with Crippen molar-refractivity contribution in [3.8, 4) is 0 Å². The Bertz CT molecular complexity index is 482. The third kappa shape index (κ3) is 3.59. The summed E-state index contributed by atoms with van der Waals surface area (Å²) in [4.78, 5) is 18.7. The summed E-state index contributed by atoms with van der Waals surface area (Å²) in [5.41, 5.74) is 2.62. The van der Waals surface area contributed by atoms with E-state index in [0.29, 0.717) is 10.8 Å². The van der Waals surface area contributed by atoms with E-state index in [9.17, 15) is 4.79 Å². The van der Waals surface area contributed by atoms with E-state index in [1.807, 2.05) is 0 Å². The van der Waals surface area contributed by atoms with Gasteiger partial charge in [0.15, 0.2) is 0 Å². The van der Waals surface area contributed by atoms with Crippen molar-refractivity contribution in [1.82, 2.24) is 15.2 Å². The SMILES string of the molecule is CCN1CCCC(NC(=O)c2nc(NN)ccc2Cl)C1. The van der Waals surface area contributed by atoms with E-state index >= 15 is 0 Å². The zero-order valence-electron chi connectivity index (χ0n) is 11.5. The summed E-state index contributed by atoms with van der Waals surface area (Å²) in [5, 5.41) is 3.32. The summed E-state index contributed by atoms with van der Waals surface area (Å²) in [6, 6.07) is 3.37. The van der Waals surface area contributed by atoms with Crippen LogP contribution in [-0.2, 0) is 0 Å². The van der Waals surface area contributed by atoms with Crippen molar-refractivity contribution in [1.29, 1.82) is 0 Å². The number of aromatic nitrogens is 1. The number of nitrogens with one attached hydrogen (secondary N) is 2. The molecule has 6 nitrogen and oxygen atoms in total. The average molecular weight is 298 g/mol. The van der Waals surface area contributed by atoms with Gasteiger partial charge in [0.05, 0.1) is 5.02 Å². The number of likely N-dealkylation sites (N-methyl/N-ethyl adjacent to an activating group) is 1. The zero-order chi connectivity index (χ0) is 14.5. The number of nitrogens with two attached hydrogens (primary N) is 1. The number of hydrogen-bond acceptors (Lipinski definition) is 5. The molecule has 0 saturated carbocycles. The molecule has 1 atom stereocenters. The molecule has 1 aromatic heterocycles. The van der Waals surface area contributed by atoms with Crippen LogP contribution in [0.5, 0.6) is 0 Å². The highest BCUT2D eigenvalue weighted by Gasteiger charge is 2.22. The highest BCUT2D eigenvalue weighted by Crippen LogP contribution is 2.17. The molecule has 1 aliphatic rings. The van der Waals surface area contributed by atoms with E-state index in [-0.39, 0.29) is 17.6 Å². The molecular formula is C13H20ClN5O. The predicted octanol–water partition coefficient (Wildman–Crippen LogP) is 1.23. The van der Waals surface area contributed by atoms with Crippen molar-refractivity contribution >= 4 is 23.3 Å². The van der Waals surface area contributed by atoms with Crippen molar-refractivity contribution in [3.63, 3.8) is 0 Å². The topological polar surface area (TPSA) is 83.3 Å². The van der Waals surface area contributed by atoms with E-state index in [1.165, 1.54) is 0 Å². The van der Waals surface area contributed by atoms with Crippen LogP contribution in [-0.4, -0.2) is 41.5 Å². The number of nitrogen functional groups attached to an aromatic ring is 1. The minimum atomic E-state index is -0.255. The molecule has 7 heteroatoms. The largest absolute Gasteiger partial charge is 0.347 e. The Labute approximate surface area is 123 Å². The van der Waals surface area contributed by atoms with Crippen LogP contribution in [0.25, 0.3) is 0 Å². The molecule has 0 radical (unpaired) electrons. The number of nitrogens with zero attached hydrogens (tertiary/aromatic N) is 2. The Morgan fingerprint density at radius 2 is 2.40 bits per heavy atom. The second kappa shape index (κ2) is 6.88. The summed E-state index contributed by atoms with van der Waals surface area (Å²) in [6.45, 7) is 5.08. The molecule has 4 N–H and O–H groups in total. The second-order valence-corrected chi connectivity index (χ2v) is 5.28.